The van der Waals surface area contributed by atoms with Gasteiger partial charge in [0, 0.05) is 31.1 Å². The van der Waals surface area contributed by atoms with Crippen molar-refractivity contribution in [1.29, 1.82) is 0 Å². The highest BCUT2D eigenvalue weighted by atomic mass is 32.1. The normalized spacial score (nSPS) is 24.0. The van der Waals surface area contributed by atoms with Gasteiger partial charge in [0.2, 0.25) is 11.9 Å². The number of methoxy groups -OCH3 is 1. The lowest BCUT2D eigenvalue weighted by Gasteiger charge is -2.36. The Morgan fingerprint density at radius 3 is 2.48 bits per heavy atom. The number of rotatable bonds is 8. The predicted molar refractivity (Wildman–Crippen MR) is 177 cm³/mol. The number of halogens is 1. The lowest BCUT2D eigenvalue weighted by molar-refractivity contribution is -0.127. The number of aromatic nitrogens is 3. The molecular weight excluding hydrogens is 601 g/mol. The van der Waals surface area contributed by atoms with E-state index in [1.54, 1.807) is 23.1 Å². The quantitative estimate of drug-likeness (QED) is 0.205. The van der Waals surface area contributed by atoms with Gasteiger partial charge >= 0.3 is 6.09 Å². The molecule has 3 aliphatic carbocycles. The van der Waals surface area contributed by atoms with Crippen LogP contribution in [-0.2, 0) is 16.6 Å². The summed E-state index contributed by atoms with van der Waals surface area (Å²) in [6.45, 7) is 0. The van der Waals surface area contributed by atoms with Crippen LogP contribution in [0, 0.1) is 17.8 Å². The number of benzene rings is 2. The SMILES string of the molecule is COC(=O)NC1CCC(C(=O)NC(c2cccc(-c3cnc(C4CC4)s3)c2)C2CCC(c3ccc4c(c3)c(F)nn4C)CC2)CC1. The zero-order chi connectivity index (χ0) is 31.8. The van der Waals surface area contributed by atoms with Crippen molar-refractivity contribution in [3.63, 3.8) is 0 Å². The van der Waals surface area contributed by atoms with E-state index in [4.69, 9.17) is 9.72 Å². The van der Waals surface area contributed by atoms with E-state index < -0.39 is 12.0 Å². The van der Waals surface area contributed by atoms with Crippen LogP contribution >= 0.6 is 11.3 Å². The van der Waals surface area contributed by atoms with Crippen LogP contribution in [0.1, 0.15) is 98.2 Å². The lowest BCUT2D eigenvalue weighted by atomic mass is 9.74. The van der Waals surface area contributed by atoms with Crippen molar-refractivity contribution in [1.82, 2.24) is 25.4 Å². The molecular formula is C36H42FN5O3S. The zero-order valence-electron chi connectivity index (χ0n) is 26.5. The number of hydrogen-bond acceptors (Lipinski definition) is 6. The molecule has 1 unspecified atom stereocenters. The summed E-state index contributed by atoms with van der Waals surface area (Å²) in [7, 11) is 3.14. The Bertz CT molecular complexity index is 1720. The summed E-state index contributed by atoms with van der Waals surface area (Å²) in [5, 5.41) is 12.2. The second-order valence-electron chi connectivity index (χ2n) is 13.4. The summed E-state index contributed by atoms with van der Waals surface area (Å²) < 4.78 is 20.8. The average Bonchev–Trinajstić information content (AvgIpc) is 3.75. The largest absolute Gasteiger partial charge is 0.453 e. The summed E-state index contributed by atoms with van der Waals surface area (Å²) in [4.78, 5) is 31.4. The molecule has 3 fully saturated rings. The first-order chi connectivity index (χ1) is 22.4. The summed E-state index contributed by atoms with van der Waals surface area (Å²) in [5.41, 5.74) is 4.25. The third-order valence-corrected chi connectivity index (χ3v) is 11.6. The van der Waals surface area contributed by atoms with Gasteiger partial charge < -0.3 is 15.4 Å². The van der Waals surface area contributed by atoms with Gasteiger partial charge in [0.05, 0.1) is 33.9 Å². The van der Waals surface area contributed by atoms with Crippen LogP contribution in [0.25, 0.3) is 21.3 Å². The van der Waals surface area contributed by atoms with Gasteiger partial charge in [-0.25, -0.2) is 9.78 Å². The van der Waals surface area contributed by atoms with E-state index in [0.29, 0.717) is 17.2 Å². The maximum Gasteiger partial charge on any atom is 0.407 e. The number of nitrogens with one attached hydrogen (secondary N) is 2. The zero-order valence-corrected chi connectivity index (χ0v) is 27.3. The van der Waals surface area contributed by atoms with E-state index >= 15 is 0 Å². The summed E-state index contributed by atoms with van der Waals surface area (Å²) in [6, 6.07) is 14.7. The Morgan fingerprint density at radius 2 is 1.74 bits per heavy atom. The maximum absolute atomic E-state index is 14.5. The molecule has 46 heavy (non-hydrogen) atoms. The fraction of sp³-hybridized carbons (Fsp3) is 0.500. The number of fused-ring (bicyclic) bond motifs is 1. The predicted octanol–water partition coefficient (Wildman–Crippen LogP) is 7.76. The van der Waals surface area contributed by atoms with Gasteiger partial charge in [-0.2, -0.15) is 4.39 Å². The minimum Gasteiger partial charge on any atom is -0.453 e. The molecule has 1 atom stereocenters. The lowest BCUT2D eigenvalue weighted by Crippen LogP contribution is -2.43. The number of alkyl carbamates (subject to hydrolysis) is 1. The van der Waals surface area contributed by atoms with E-state index in [-0.39, 0.29) is 29.8 Å². The highest BCUT2D eigenvalue weighted by Gasteiger charge is 2.34. The van der Waals surface area contributed by atoms with Crippen molar-refractivity contribution < 1.29 is 18.7 Å². The number of hydrogen-bond donors (Lipinski definition) is 2. The molecule has 2 aromatic heterocycles. The Labute approximate surface area is 273 Å². The van der Waals surface area contributed by atoms with E-state index in [1.165, 1.54) is 29.8 Å². The maximum atomic E-state index is 14.5. The Balaban J connectivity index is 1.09. The van der Waals surface area contributed by atoms with E-state index in [1.807, 2.05) is 18.3 Å². The highest BCUT2D eigenvalue weighted by molar-refractivity contribution is 7.15. The highest BCUT2D eigenvalue weighted by Crippen LogP contribution is 2.45. The smallest absolute Gasteiger partial charge is 0.407 e. The van der Waals surface area contributed by atoms with Crippen molar-refractivity contribution in [2.45, 2.75) is 88.1 Å². The van der Waals surface area contributed by atoms with Gasteiger partial charge in [-0.15, -0.1) is 16.4 Å². The summed E-state index contributed by atoms with van der Waals surface area (Å²) >= 11 is 1.79. The number of carbonyl (C=O) groups is 2. The third kappa shape index (κ3) is 6.54. The molecule has 10 heteroatoms. The molecule has 242 valence electrons. The van der Waals surface area contributed by atoms with Gasteiger partial charge in [-0.05, 0) is 111 Å². The van der Waals surface area contributed by atoms with Gasteiger partial charge in [0.15, 0.2) is 0 Å². The molecule has 0 bridgehead atoms. The van der Waals surface area contributed by atoms with Crippen molar-refractivity contribution in [2.24, 2.45) is 18.9 Å². The van der Waals surface area contributed by atoms with Crippen molar-refractivity contribution >= 4 is 34.2 Å². The first kappa shape index (κ1) is 30.8. The van der Waals surface area contributed by atoms with E-state index in [2.05, 4.69) is 46.1 Å². The molecule has 0 aliphatic heterocycles. The number of nitrogens with zero attached hydrogens (tertiary/aromatic N) is 3. The van der Waals surface area contributed by atoms with Gasteiger partial charge in [-0.1, -0.05) is 24.3 Å². The molecule has 3 saturated carbocycles. The molecule has 2 N–H and O–H groups in total. The first-order valence-electron chi connectivity index (χ1n) is 16.7. The van der Waals surface area contributed by atoms with Crippen LogP contribution < -0.4 is 10.6 Å². The number of thiazole rings is 1. The van der Waals surface area contributed by atoms with Crippen LogP contribution in [0.2, 0.25) is 0 Å². The second-order valence-corrected chi connectivity index (χ2v) is 14.5. The van der Waals surface area contributed by atoms with E-state index in [0.717, 1.165) is 73.6 Å². The van der Waals surface area contributed by atoms with Crippen LogP contribution in [0.3, 0.4) is 0 Å². The minimum atomic E-state index is -0.420. The fourth-order valence-electron chi connectivity index (χ4n) is 7.58. The van der Waals surface area contributed by atoms with Crippen LogP contribution in [0.15, 0.2) is 48.7 Å². The van der Waals surface area contributed by atoms with Crippen molar-refractivity contribution in [2.75, 3.05) is 7.11 Å². The Kier molecular flexibility index (Phi) is 8.81. The molecule has 0 spiro atoms. The molecule has 0 saturated heterocycles. The summed E-state index contributed by atoms with van der Waals surface area (Å²) in [5.74, 6) is 0.851. The molecule has 2 heterocycles. The number of amides is 2. The third-order valence-electron chi connectivity index (χ3n) is 10.4. The molecule has 2 amide bonds. The standard InChI is InChI=1S/C36H42FN5O3S/c1-42-30-17-14-25(19-29(30)33(37)41-42)21-6-8-22(9-7-21)32(40-34(43)23-12-15-28(16-13-23)39-36(44)45-2)27-5-3-4-26(18-27)31-20-38-35(46-31)24-10-11-24/h3-5,14,17-24,28,32H,6-13,15-16H2,1-2H3,(H,39,44)(H,40,43). The first-order valence-corrected chi connectivity index (χ1v) is 17.5. The van der Waals surface area contributed by atoms with E-state index in [9.17, 15) is 14.0 Å². The molecule has 7 rings (SSSR count). The van der Waals surface area contributed by atoms with Crippen LogP contribution in [0.5, 0.6) is 0 Å². The molecule has 3 aliphatic rings. The van der Waals surface area contributed by atoms with Gasteiger partial charge in [0.1, 0.15) is 0 Å². The monoisotopic (exact) mass is 643 g/mol. The molecule has 8 nitrogen and oxygen atoms in total. The van der Waals surface area contributed by atoms with Crippen molar-refractivity contribution in [3.8, 4) is 10.4 Å². The second kappa shape index (κ2) is 13.1. The van der Waals surface area contributed by atoms with Gasteiger partial charge in [0.25, 0.3) is 0 Å². The fourth-order valence-corrected chi connectivity index (χ4v) is 8.66. The number of carbonyl (C=O) groups excluding carboxylic acids is 2. The average molecular weight is 644 g/mol. The number of aryl methyl sites for hydroxylation is 1. The molecule has 2 aromatic carbocycles. The number of ether oxygens (including phenoxy) is 1. The minimum absolute atomic E-state index is 0.0403. The van der Waals surface area contributed by atoms with Crippen molar-refractivity contribution in [3.05, 3.63) is 70.7 Å². The Hall–Kier alpha value is -3.79. The molecule has 0 radical (unpaired) electrons. The van der Waals surface area contributed by atoms with Crippen LogP contribution in [0.4, 0.5) is 9.18 Å². The summed E-state index contributed by atoms with van der Waals surface area (Å²) in [6.07, 6.45) is 10.9. The van der Waals surface area contributed by atoms with Crippen LogP contribution in [-0.4, -0.2) is 39.9 Å². The topological polar surface area (TPSA) is 98.1 Å². The molecule has 4 aromatic rings. The van der Waals surface area contributed by atoms with Gasteiger partial charge in [-0.3, -0.25) is 9.48 Å². The Morgan fingerprint density at radius 1 is 0.978 bits per heavy atom.